The number of amides is 1. The van der Waals surface area contributed by atoms with Gasteiger partial charge in [0.2, 0.25) is 0 Å². The van der Waals surface area contributed by atoms with Gasteiger partial charge in [0.05, 0.1) is 6.54 Å². The van der Waals surface area contributed by atoms with Gasteiger partial charge in [-0.05, 0) is 32.6 Å². The predicted octanol–water partition coefficient (Wildman–Crippen LogP) is 4.80. The summed E-state index contributed by atoms with van der Waals surface area (Å²) in [5, 5.41) is 9.22. The zero-order chi connectivity index (χ0) is 16.1. The number of hydrogen-bond acceptors (Lipinski definition) is 1. The molecule has 0 aromatic rings. The van der Waals surface area contributed by atoms with Crippen molar-refractivity contribution in [1.29, 1.82) is 0 Å². The maximum atomic E-state index is 11.2. The van der Waals surface area contributed by atoms with E-state index in [1.807, 2.05) is 0 Å². The first-order chi connectivity index (χ1) is 10.0. The summed E-state index contributed by atoms with van der Waals surface area (Å²) in [4.78, 5) is 11.2. The molecule has 2 unspecified atom stereocenters. The quantitative estimate of drug-likeness (QED) is 0.291. The first kappa shape index (κ1) is 20.2. The molecular formula is C17H37N2O2+. The SMILES string of the molecule is CCCCCC[N+](CC)(CC(CC)CCCC)NC(=O)O. The van der Waals surface area contributed by atoms with E-state index < -0.39 is 6.09 Å². The summed E-state index contributed by atoms with van der Waals surface area (Å²) >= 11 is 0. The fraction of sp³-hybridized carbons (Fsp3) is 0.941. The van der Waals surface area contributed by atoms with Crippen molar-refractivity contribution < 1.29 is 14.5 Å². The van der Waals surface area contributed by atoms with Gasteiger partial charge in [-0.2, -0.15) is 5.43 Å². The van der Waals surface area contributed by atoms with Crippen LogP contribution < -0.4 is 5.43 Å². The maximum Gasteiger partial charge on any atom is 0.449 e. The number of unbranched alkanes of at least 4 members (excludes halogenated alkanes) is 4. The van der Waals surface area contributed by atoms with E-state index >= 15 is 0 Å². The molecule has 2 atom stereocenters. The molecule has 0 saturated heterocycles. The van der Waals surface area contributed by atoms with Crippen molar-refractivity contribution in [2.45, 2.75) is 79.1 Å². The summed E-state index contributed by atoms with van der Waals surface area (Å²) in [5.74, 6) is 0.614. The summed E-state index contributed by atoms with van der Waals surface area (Å²) in [6.07, 6.45) is 8.67. The van der Waals surface area contributed by atoms with Gasteiger partial charge in [0.15, 0.2) is 0 Å². The minimum atomic E-state index is -0.891. The molecule has 0 fully saturated rings. The molecule has 126 valence electrons. The number of carbonyl (C=O) groups is 1. The predicted molar refractivity (Wildman–Crippen MR) is 89.1 cm³/mol. The Morgan fingerprint density at radius 2 is 1.71 bits per heavy atom. The fourth-order valence-corrected chi connectivity index (χ4v) is 3.01. The van der Waals surface area contributed by atoms with Crippen molar-refractivity contribution in [2.24, 2.45) is 5.92 Å². The first-order valence-corrected chi connectivity index (χ1v) is 8.90. The van der Waals surface area contributed by atoms with Gasteiger partial charge in [0.1, 0.15) is 13.1 Å². The molecule has 2 N–H and O–H groups in total. The Morgan fingerprint density at radius 1 is 1.05 bits per heavy atom. The van der Waals surface area contributed by atoms with Gasteiger partial charge in [0.25, 0.3) is 0 Å². The molecule has 0 heterocycles. The molecule has 0 bridgehead atoms. The minimum Gasteiger partial charge on any atom is -0.462 e. The van der Waals surface area contributed by atoms with E-state index in [1.54, 1.807) is 0 Å². The van der Waals surface area contributed by atoms with Crippen LogP contribution in [0.4, 0.5) is 4.79 Å². The molecule has 0 aliphatic carbocycles. The van der Waals surface area contributed by atoms with Gasteiger partial charge in [-0.15, -0.1) is 0 Å². The molecule has 0 spiro atoms. The Hall–Kier alpha value is -0.770. The molecule has 0 rings (SSSR count). The van der Waals surface area contributed by atoms with Crippen LogP contribution in [0, 0.1) is 5.92 Å². The third-order valence-corrected chi connectivity index (χ3v) is 4.53. The number of quaternary nitrogens is 1. The van der Waals surface area contributed by atoms with Crippen molar-refractivity contribution in [3.05, 3.63) is 0 Å². The highest BCUT2D eigenvalue weighted by molar-refractivity contribution is 5.62. The van der Waals surface area contributed by atoms with Gasteiger partial charge in [-0.1, -0.05) is 46.5 Å². The number of rotatable bonds is 13. The molecule has 4 heteroatoms. The Bertz CT molecular complexity index is 272. The van der Waals surface area contributed by atoms with E-state index in [4.69, 9.17) is 0 Å². The molecule has 21 heavy (non-hydrogen) atoms. The van der Waals surface area contributed by atoms with E-state index in [1.165, 1.54) is 38.5 Å². The summed E-state index contributed by atoms with van der Waals surface area (Å²) in [5.41, 5.74) is 2.82. The standard InChI is InChI=1S/C17H36N2O2/c1-5-9-11-12-14-19(8-4,18-17(20)21)15-16(7-3)13-10-6-2/h16,18H,5-15H2,1-4H3/p+1. The lowest BCUT2D eigenvalue weighted by atomic mass is 9.98. The average Bonchev–Trinajstić information content (AvgIpc) is 2.47. The van der Waals surface area contributed by atoms with Crippen molar-refractivity contribution in [3.63, 3.8) is 0 Å². The van der Waals surface area contributed by atoms with Crippen LogP contribution in [0.1, 0.15) is 79.1 Å². The highest BCUT2D eigenvalue weighted by atomic mass is 16.4. The van der Waals surface area contributed by atoms with Gasteiger partial charge < -0.3 is 5.11 Å². The summed E-state index contributed by atoms with van der Waals surface area (Å²) < 4.78 is 0.529. The van der Waals surface area contributed by atoms with E-state index in [2.05, 4.69) is 33.1 Å². The number of nitrogens with one attached hydrogen (secondary N) is 1. The van der Waals surface area contributed by atoms with Crippen LogP contribution in [-0.2, 0) is 0 Å². The Morgan fingerprint density at radius 3 is 2.19 bits per heavy atom. The zero-order valence-corrected chi connectivity index (χ0v) is 14.7. The highest BCUT2D eigenvalue weighted by Gasteiger charge is 2.31. The van der Waals surface area contributed by atoms with E-state index in [0.29, 0.717) is 10.5 Å². The average molecular weight is 301 g/mol. The van der Waals surface area contributed by atoms with Crippen LogP contribution in [0.25, 0.3) is 0 Å². The molecule has 0 radical (unpaired) electrons. The fourth-order valence-electron chi connectivity index (χ4n) is 3.01. The first-order valence-electron chi connectivity index (χ1n) is 8.90. The molecule has 0 aromatic carbocycles. The number of nitrogens with zero attached hydrogens (tertiary/aromatic N) is 1. The van der Waals surface area contributed by atoms with Crippen molar-refractivity contribution >= 4 is 6.09 Å². The van der Waals surface area contributed by atoms with Crippen molar-refractivity contribution in [2.75, 3.05) is 19.6 Å². The Kier molecular flexibility index (Phi) is 11.4. The van der Waals surface area contributed by atoms with Crippen LogP contribution in [0.3, 0.4) is 0 Å². The third-order valence-electron chi connectivity index (χ3n) is 4.53. The van der Waals surface area contributed by atoms with Crippen LogP contribution >= 0.6 is 0 Å². The molecule has 4 nitrogen and oxygen atoms in total. The molecular weight excluding hydrogens is 264 g/mol. The van der Waals surface area contributed by atoms with Crippen molar-refractivity contribution in [1.82, 2.24) is 5.43 Å². The van der Waals surface area contributed by atoms with E-state index in [-0.39, 0.29) is 0 Å². The Labute approximate surface area is 131 Å². The maximum absolute atomic E-state index is 11.2. The summed E-state index contributed by atoms with van der Waals surface area (Å²) in [7, 11) is 0. The van der Waals surface area contributed by atoms with Crippen LogP contribution in [0.2, 0.25) is 0 Å². The second kappa shape index (κ2) is 11.8. The van der Waals surface area contributed by atoms with Crippen LogP contribution in [-0.4, -0.2) is 35.4 Å². The zero-order valence-electron chi connectivity index (χ0n) is 14.7. The topological polar surface area (TPSA) is 49.3 Å². The van der Waals surface area contributed by atoms with E-state index in [0.717, 1.165) is 32.5 Å². The van der Waals surface area contributed by atoms with Gasteiger partial charge in [0, 0.05) is 5.92 Å². The minimum absolute atomic E-state index is 0.529. The van der Waals surface area contributed by atoms with E-state index in [9.17, 15) is 9.90 Å². The number of hydrogen-bond donors (Lipinski definition) is 2. The summed E-state index contributed by atoms with van der Waals surface area (Å²) in [6, 6.07) is 0. The van der Waals surface area contributed by atoms with Gasteiger partial charge in [-0.25, -0.2) is 9.39 Å². The second-order valence-corrected chi connectivity index (χ2v) is 6.26. The molecule has 0 aliphatic rings. The molecule has 0 saturated carbocycles. The van der Waals surface area contributed by atoms with Gasteiger partial charge in [-0.3, -0.25) is 0 Å². The lowest BCUT2D eigenvalue weighted by molar-refractivity contribution is -0.963. The highest BCUT2D eigenvalue weighted by Crippen LogP contribution is 2.19. The summed E-state index contributed by atoms with van der Waals surface area (Å²) in [6.45, 7) is 11.4. The van der Waals surface area contributed by atoms with Gasteiger partial charge >= 0.3 is 6.09 Å². The number of carboxylic acid groups (broad SMARTS) is 1. The van der Waals surface area contributed by atoms with Crippen LogP contribution in [0.15, 0.2) is 0 Å². The second-order valence-electron chi connectivity index (χ2n) is 6.26. The smallest absolute Gasteiger partial charge is 0.449 e. The van der Waals surface area contributed by atoms with Crippen LogP contribution in [0.5, 0.6) is 0 Å². The lowest BCUT2D eigenvalue weighted by Gasteiger charge is -2.38. The molecule has 0 aliphatic heterocycles. The molecule has 0 aromatic heterocycles. The normalized spacial score (nSPS) is 15.4. The van der Waals surface area contributed by atoms with Crippen molar-refractivity contribution in [3.8, 4) is 0 Å². The lowest BCUT2D eigenvalue weighted by Crippen LogP contribution is -2.62. The molecule has 1 amide bonds. The monoisotopic (exact) mass is 301 g/mol. The largest absolute Gasteiger partial charge is 0.462 e. The Balaban J connectivity index is 4.69. The third kappa shape index (κ3) is 8.97.